The van der Waals surface area contributed by atoms with Gasteiger partial charge in [-0.2, -0.15) is 0 Å². The van der Waals surface area contributed by atoms with E-state index < -0.39 is 0 Å². The first-order chi connectivity index (χ1) is 7.72. The highest BCUT2D eigenvalue weighted by atomic mass is 16.5. The second-order valence-corrected chi connectivity index (χ2v) is 3.63. The molecule has 2 aromatic rings. The van der Waals surface area contributed by atoms with Crippen LogP contribution in [-0.4, -0.2) is 5.97 Å². The number of hydrogen-bond donors (Lipinski definition) is 0. The fourth-order valence-corrected chi connectivity index (χ4v) is 1.77. The monoisotopic (exact) mass is 218 g/mol. The Bertz CT molecular complexity index is 511. The van der Waals surface area contributed by atoms with Crippen molar-refractivity contribution in [2.45, 2.75) is 26.9 Å². The van der Waals surface area contributed by atoms with Gasteiger partial charge in [0.1, 0.15) is 18.0 Å². The standard InChI is InChI=1S/C13H14O3/c1-3-12-11(8-15-9(2)14)10-6-4-5-7-13(10)16-12/h4-7H,3,8H2,1-2H3. The Kier molecular flexibility index (Phi) is 2.95. The molecule has 0 aliphatic carbocycles. The summed E-state index contributed by atoms with van der Waals surface area (Å²) in [6.07, 6.45) is 0.797. The van der Waals surface area contributed by atoms with Gasteiger partial charge in [0.25, 0.3) is 0 Å². The lowest BCUT2D eigenvalue weighted by molar-refractivity contribution is -0.142. The van der Waals surface area contributed by atoms with Crippen molar-refractivity contribution in [3.05, 3.63) is 35.6 Å². The van der Waals surface area contributed by atoms with Crippen LogP contribution in [0.2, 0.25) is 0 Å². The molecular weight excluding hydrogens is 204 g/mol. The van der Waals surface area contributed by atoms with Crippen molar-refractivity contribution in [1.82, 2.24) is 0 Å². The van der Waals surface area contributed by atoms with E-state index in [1.807, 2.05) is 31.2 Å². The van der Waals surface area contributed by atoms with Crippen LogP contribution in [0.5, 0.6) is 0 Å². The molecular formula is C13H14O3. The van der Waals surface area contributed by atoms with E-state index in [4.69, 9.17) is 9.15 Å². The maximum atomic E-state index is 10.8. The van der Waals surface area contributed by atoms with Crippen molar-refractivity contribution in [1.29, 1.82) is 0 Å². The van der Waals surface area contributed by atoms with E-state index in [0.717, 1.165) is 28.7 Å². The molecule has 3 nitrogen and oxygen atoms in total. The van der Waals surface area contributed by atoms with E-state index in [2.05, 4.69) is 0 Å². The lowest BCUT2D eigenvalue weighted by Gasteiger charge is -2.01. The molecule has 1 aromatic heterocycles. The van der Waals surface area contributed by atoms with Gasteiger partial charge in [0.05, 0.1) is 0 Å². The average molecular weight is 218 g/mol. The number of hydrogen-bond acceptors (Lipinski definition) is 3. The first kappa shape index (κ1) is 10.7. The molecule has 2 rings (SSSR count). The van der Waals surface area contributed by atoms with Crippen molar-refractivity contribution in [3.8, 4) is 0 Å². The summed E-state index contributed by atoms with van der Waals surface area (Å²) in [5.74, 6) is 0.620. The Hall–Kier alpha value is -1.77. The van der Waals surface area contributed by atoms with Crippen LogP contribution in [-0.2, 0) is 22.6 Å². The number of carbonyl (C=O) groups excluding carboxylic acids is 1. The van der Waals surface area contributed by atoms with Gasteiger partial charge in [-0.25, -0.2) is 0 Å². The lowest BCUT2D eigenvalue weighted by Crippen LogP contribution is -2.00. The van der Waals surface area contributed by atoms with Crippen LogP contribution >= 0.6 is 0 Å². The fraction of sp³-hybridized carbons (Fsp3) is 0.308. The molecule has 0 radical (unpaired) electrons. The third kappa shape index (κ3) is 1.94. The number of rotatable bonds is 3. The van der Waals surface area contributed by atoms with E-state index in [1.54, 1.807) is 0 Å². The molecule has 0 bridgehead atoms. The molecule has 16 heavy (non-hydrogen) atoms. The molecule has 1 heterocycles. The number of para-hydroxylation sites is 1. The second kappa shape index (κ2) is 4.39. The molecule has 1 aromatic carbocycles. The summed E-state index contributed by atoms with van der Waals surface area (Å²) in [4.78, 5) is 10.8. The van der Waals surface area contributed by atoms with Crippen molar-refractivity contribution in [2.75, 3.05) is 0 Å². The van der Waals surface area contributed by atoms with E-state index in [-0.39, 0.29) is 12.6 Å². The minimum absolute atomic E-state index is 0.271. The third-order valence-electron chi connectivity index (χ3n) is 2.52. The van der Waals surface area contributed by atoms with Crippen LogP contribution in [0.1, 0.15) is 25.2 Å². The average Bonchev–Trinajstić information content (AvgIpc) is 2.64. The SMILES string of the molecule is CCc1oc2ccccc2c1COC(C)=O. The Labute approximate surface area is 94.0 Å². The van der Waals surface area contributed by atoms with E-state index >= 15 is 0 Å². The number of esters is 1. The molecule has 0 spiro atoms. The first-order valence-electron chi connectivity index (χ1n) is 5.35. The Morgan fingerprint density at radius 3 is 2.81 bits per heavy atom. The van der Waals surface area contributed by atoms with Crippen molar-refractivity contribution < 1.29 is 13.9 Å². The molecule has 0 saturated heterocycles. The van der Waals surface area contributed by atoms with Crippen LogP contribution < -0.4 is 0 Å². The van der Waals surface area contributed by atoms with Crippen molar-refractivity contribution >= 4 is 16.9 Å². The third-order valence-corrected chi connectivity index (χ3v) is 2.52. The maximum absolute atomic E-state index is 10.8. The molecule has 0 unspecified atom stereocenters. The highest BCUT2D eigenvalue weighted by Crippen LogP contribution is 2.26. The molecule has 84 valence electrons. The minimum Gasteiger partial charge on any atom is -0.461 e. The molecule has 0 saturated carbocycles. The van der Waals surface area contributed by atoms with Gasteiger partial charge in [-0.3, -0.25) is 4.79 Å². The molecule has 0 atom stereocenters. The molecule has 0 N–H and O–H groups in total. The Morgan fingerprint density at radius 1 is 1.38 bits per heavy atom. The fourth-order valence-electron chi connectivity index (χ4n) is 1.77. The summed E-state index contributed by atoms with van der Waals surface area (Å²) in [7, 11) is 0. The second-order valence-electron chi connectivity index (χ2n) is 3.63. The summed E-state index contributed by atoms with van der Waals surface area (Å²) < 4.78 is 10.7. The highest BCUT2D eigenvalue weighted by molar-refractivity contribution is 5.82. The Morgan fingerprint density at radius 2 is 2.12 bits per heavy atom. The topological polar surface area (TPSA) is 39.4 Å². The highest BCUT2D eigenvalue weighted by Gasteiger charge is 2.13. The number of fused-ring (bicyclic) bond motifs is 1. The minimum atomic E-state index is -0.271. The zero-order valence-corrected chi connectivity index (χ0v) is 9.45. The quantitative estimate of drug-likeness (QED) is 0.743. The predicted molar refractivity (Wildman–Crippen MR) is 61.1 cm³/mol. The molecule has 0 fully saturated rings. The van der Waals surface area contributed by atoms with Gasteiger partial charge in [0.15, 0.2) is 0 Å². The van der Waals surface area contributed by atoms with Crippen molar-refractivity contribution in [3.63, 3.8) is 0 Å². The van der Waals surface area contributed by atoms with Crippen LogP contribution in [0.3, 0.4) is 0 Å². The van der Waals surface area contributed by atoms with Gasteiger partial charge >= 0.3 is 5.97 Å². The van der Waals surface area contributed by atoms with Gasteiger partial charge in [-0.05, 0) is 6.07 Å². The largest absolute Gasteiger partial charge is 0.461 e. The Balaban J connectivity index is 2.43. The van der Waals surface area contributed by atoms with Crippen LogP contribution in [0.15, 0.2) is 28.7 Å². The molecule has 3 heteroatoms. The smallest absolute Gasteiger partial charge is 0.302 e. The van der Waals surface area contributed by atoms with E-state index in [9.17, 15) is 4.79 Å². The summed E-state index contributed by atoms with van der Waals surface area (Å²) in [6, 6.07) is 7.79. The van der Waals surface area contributed by atoms with E-state index in [0.29, 0.717) is 0 Å². The summed E-state index contributed by atoms with van der Waals surface area (Å²) >= 11 is 0. The lowest BCUT2D eigenvalue weighted by atomic mass is 10.1. The summed E-state index contributed by atoms with van der Waals surface area (Å²) in [6.45, 7) is 3.72. The van der Waals surface area contributed by atoms with Gasteiger partial charge < -0.3 is 9.15 Å². The van der Waals surface area contributed by atoms with Crippen LogP contribution in [0.25, 0.3) is 11.0 Å². The van der Waals surface area contributed by atoms with Gasteiger partial charge in [-0.1, -0.05) is 25.1 Å². The number of carbonyl (C=O) groups is 1. The summed E-state index contributed by atoms with van der Waals surface area (Å²) in [5.41, 5.74) is 1.83. The van der Waals surface area contributed by atoms with E-state index in [1.165, 1.54) is 6.92 Å². The van der Waals surface area contributed by atoms with Gasteiger partial charge in [0.2, 0.25) is 0 Å². The van der Waals surface area contributed by atoms with Gasteiger partial charge in [-0.15, -0.1) is 0 Å². The van der Waals surface area contributed by atoms with Crippen molar-refractivity contribution in [2.24, 2.45) is 0 Å². The molecule has 0 aliphatic heterocycles. The van der Waals surface area contributed by atoms with Crippen LogP contribution in [0.4, 0.5) is 0 Å². The maximum Gasteiger partial charge on any atom is 0.302 e. The molecule has 0 aliphatic rings. The zero-order valence-electron chi connectivity index (χ0n) is 9.45. The number of ether oxygens (including phenoxy) is 1. The van der Waals surface area contributed by atoms with Gasteiger partial charge in [0, 0.05) is 24.3 Å². The first-order valence-corrected chi connectivity index (χ1v) is 5.35. The number of furan rings is 1. The summed E-state index contributed by atoms with van der Waals surface area (Å²) in [5, 5.41) is 1.03. The number of aryl methyl sites for hydroxylation is 1. The normalized spacial score (nSPS) is 10.6. The number of benzene rings is 1. The molecule has 0 amide bonds. The van der Waals surface area contributed by atoms with Crippen LogP contribution in [0, 0.1) is 0 Å². The predicted octanol–water partition coefficient (Wildman–Crippen LogP) is 3.06. The zero-order chi connectivity index (χ0) is 11.5.